The van der Waals surface area contributed by atoms with Crippen molar-refractivity contribution in [2.75, 3.05) is 0 Å². The molecule has 0 amide bonds. The van der Waals surface area contributed by atoms with Crippen molar-refractivity contribution in [3.8, 4) is 5.75 Å². The number of carbonyl (C=O) groups excluding carboxylic acids is 3. The van der Waals surface area contributed by atoms with Crippen LogP contribution in [0.1, 0.15) is 38.8 Å². The SMILES string of the molecule is CC(=O)O[Si](OC(C)=O)(OC(C)=O)c1ccc2c(c1)COC(C)(c1ccccc1)O2. The van der Waals surface area contributed by atoms with E-state index in [1.54, 1.807) is 18.2 Å². The number of fused-ring (bicyclic) bond motifs is 1. The van der Waals surface area contributed by atoms with Gasteiger partial charge in [-0.1, -0.05) is 30.3 Å². The fraction of sp³-hybridized carbons (Fsp3) is 0.286. The molecular formula is C21H22O8Si. The number of carbonyl (C=O) groups is 3. The van der Waals surface area contributed by atoms with Gasteiger partial charge in [0.15, 0.2) is 0 Å². The van der Waals surface area contributed by atoms with Crippen LogP contribution in [0.4, 0.5) is 0 Å². The number of hydrogen-bond donors (Lipinski definition) is 0. The maximum Gasteiger partial charge on any atom is 0.742 e. The Labute approximate surface area is 175 Å². The Balaban J connectivity index is 2.00. The first kappa shape index (κ1) is 21.5. The van der Waals surface area contributed by atoms with Crippen molar-refractivity contribution in [2.45, 2.75) is 40.1 Å². The van der Waals surface area contributed by atoms with Crippen molar-refractivity contribution in [1.82, 2.24) is 0 Å². The summed E-state index contributed by atoms with van der Waals surface area (Å²) in [6, 6.07) is 14.3. The molecule has 1 heterocycles. The van der Waals surface area contributed by atoms with Crippen molar-refractivity contribution in [1.29, 1.82) is 0 Å². The topological polar surface area (TPSA) is 97.4 Å². The van der Waals surface area contributed by atoms with Gasteiger partial charge in [0, 0.05) is 38.8 Å². The van der Waals surface area contributed by atoms with Crippen LogP contribution in [0.5, 0.6) is 5.75 Å². The van der Waals surface area contributed by atoms with E-state index in [1.807, 2.05) is 37.3 Å². The summed E-state index contributed by atoms with van der Waals surface area (Å²) in [6.45, 7) is 5.42. The summed E-state index contributed by atoms with van der Waals surface area (Å²) in [7, 11) is -4.18. The molecule has 0 bridgehead atoms. The molecule has 1 unspecified atom stereocenters. The zero-order valence-electron chi connectivity index (χ0n) is 17.1. The van der Waals surface area contributed by atoms with Gasteiger partial charge in [-0.15, -0.1) is 0 Å². The van der Waals surface area contributed by atoms with E-state index in [4.69, 9.17) is 22.8 Å². The van der Waals surface area contributed by atoms with Crippen LogP contribution < -0.4 is 9.92 Å². The van der Waals surface area contributed by atoms with Crippen LogP contribution in [0, 0.1) is 0 Å². The molecule has 1 atom stereocenters. The van der Waals surface area contributed by atoms with Crippen molar-refractivity contribution in [3.05, 3.63) is 59.7 Å². The summed E-state index contributed by atoms with van der Waals surface area (Å²) < 4.78 is 27.9. The second-order valence-electron chi connectivity index (χ2n) is 6.86. The normalized spacial score (nSPS) is 17.9. The molecule has 1 aliphatic heterocycles. The fourth-order valence-corrected chi connectivity index (χ4v) is 5.38. The third kappa shape index (κ3) is 4.52. The van der Waals surface area contributed by atoms with E-state index in [2.05, 4.69) is 0 Å². The molecule has 3 rings (SSSR count). The first-order valence-electron chi connectivity index (χ1n) is 9.24. The lowest BCUT2D eigenvalue weighted by molar-refractivity contribution is -0.201. The molecule has 2 aromatic rings. The molecular weight excluding hydrogens is 408 g/mol. The highest BCUT2D eigenvalue weighted by Gasteiger charge is 2.55. The number of ether oxygens (including phenoxy) is 2. The Hall–Kier alpha value is -3.17. The Morgan fingerprint density at radius 2 is 1.47 bits per heavy atom. The van der Waals surface area contributed by atoms with Crippen LogP contribution in [0.25, 0.3) is 0 Å². The predicted molar refractivity (Wildman–Crippen MR) is 106 cm³/mol. The lowest BCUT2D eigenvalue weighted by atomic mass is 10.1. The quantitative estimate of drug-likeness (QED) is 0.667. The summed E-state index contributed by atoms with van der Waals surface area (Å²) in [4.78, 5) is 35.1. The van der Waals surface area contributed by atoms with Crippen LogP contribution in [0.15, 0.2) is 48.5 Å². The maximum absolute atomic E-state index is 11.7. The minimum Gasteiger partial charge on any atom is -0.458 e. The number of benzene rings is 2. The molecule has 0 saturated carbocycles. The standard InChI is InChI=1S/C21H22O8Si/c1-14(22)27-30(28-15(2)23,29-16(3)24)19-10-11-20-17(12-19)13-25-21(4,26-20)18-8-6-5-7-9-18/h5-12H,13H2,1-4H3. The van der Waals surface area contributed by atoms with E-state index in [-0.39, 0.29) is 11.8 Å². The summed E-state index contributed by atoms with van der Waals surface area (Å²) in [6.07, 6.45) is 0. The fourth-order valence-electron chi connectivity index (χ4n) is 3.13. The number of hydrogen-bond acceptors (Lipinski definition) is 8. The van der Waals surface area contributed by atoms with Gasteiger partial charge in [0.25, 0.3) is 17.9 Å². The van der Waals surface area contributed by atoms with Gasteiger partial charge in [-0.05, 0) is 18.2 Å². The third-order valence-corrected chi connectivity index (χ3v) is 7.04. The predicted octanol–water partition coefficient (Wildman–Crippen LogP) is 2.30. The second kappa shape index (κ2) is 8.29. The molecule has 0 fully saturated rings. The zero-order chi connectivity index (χ0) is 21.9. The Morgan fingerprint density at radius 3 is 2.00 bits per heavy atom. The lowest BCUT2D eigenvalue weighted by Gasteiger charge is -2.36. The van der Waals surface area contributed by atoms with Crippen molar-refractivity contribution in [2.24, 2.45) is 0 Å². The highest BCUT2D eigenvalue weighted by Crippen LogP contribution is 2.37. The highest BCUT2D eigenvalue weighted by molar-refractivity contribution is 6.79. The first-order valence-corrected chi connectivity index (χ1v) is 11.0. The maximum atomic E-state index is 11.7. The van der Waals surface area contributed by atoms with Crippen LogP contribution in [-0.4, -0.2) is 26.7 Å². The van der Waals surface area contributed by atoms with Crippen molar-refractivity contribution in [3.63, 3.8) is 0 Å². The van der Waals surface area contributed by atoms with Crippen LogP contribution in [0.3, 0.4) is 0 Å². The van der Waals surface area contributed by atoms with E-state index < -0.39 is 32.5 Å². The molecule has 0 saturated heterocycles. The Kier molecular flexibility index (Phi) is 5.95. The average Bonchev–Trinajstić information content (AvgIpc) is 2.66. The van der Waals surface area contributed by atoms with Gasteiger partial charge < -0.3 is 22.8 Å². The zero-order valence-corrected chi connectivity index (χ0v) is 18.1. The summed E-state index contributed by atoms with van der Waals surface area (Å²) >= 11 is 0. The summed E-state index contributed by atoms with van der Waals surface area (Å²) in [5, 5.41) is 0.261. The molecule has 8 nitrogen and oxygen atoms in total. The summed E-state index contributed by atoms with van der Waals surface area (Å²) in [5.74, 6) is -2.66. The average molecular weight is 430 g/mol. The molecule has 0 spiro atoms. The van der Waals surface area contributed by atoms with Crippen molar-refractivity contribution < 1.29 is 37.1 Å². The van der Waals surface area contributed by atoms with E-state index in [0.29, 0.717) is 11.3 Å². The van der Waals surface area contributed by atoms with E-state index in [0.717, 1.165) is 26.3 Å². The second-order valence-corrected chi connectivity index (χ2v) is 9.16. The Morgan fingerprint density at radius 1 is 0.900 bits per heavy atom. The molecule has 158 valence electrons. The number of rotatable bonds is 5. The van der Waals surface area contributed by atoms with Gasteiger partial charge in [0.1, 0.15) is 5.75 Å². The monoisotopic (exact) mass is 430 g/mol. The highest BCUT2D eigenvalue weighted by atomic mass is 28.4. The smallest absolute Gasteiger partial charge is 0.458 e. The van der Waals surface area contributed by atoms with Crippen molar-refractivity contribution >= 4 is 31.9 Å². The molecule has 30 heavy (non-hydrogen) atoms. The molecule has 0 aromatic heterocycles. The van der Waals surface area contributed by atoms with Crippen LogP contribution in [-0.2, 0) is 44.8 Å². The van der Waals surface area contributed by atoms with Gasteiger partial charge in [-0.3, -0.25) is 14.4 Å². The largest absolute Gasteiger partial charge is 0.742 e. The van der Waals surface area contributed by atoms with Crippen LogP contribution in [0.2, 0.25) is 0 Å². The van der Waals surface area contributed by atoms with E-state index in [9.17, 15) is 14.4 Å². The summed E-state index contributed by atoms with van der Waals surface area (Å²) in [5.41, 5.74) is 1.48. The van der Waals surface area contributed by atoms with Gasteiger partial charge in [-0.2, -0.15) is 0 Å². The molecule has 0 N–H and O–H groups in total. The molecule has 0 radical (unpaired) electrons. The molecule has 2 aromatic carbocycles. The molecule has 9 heteroatoms. The minimum absolute atomic E-state index is 0.180. The van der Waals surface area contributed by atoms with E-state index >= 15 is 0 Å². The van der Waals surface area contributed by atoms with Gasteiger partial charge in [-0.25, -0.2) is 0 Å². The minimum atomic E-state index is -4.18. The third-order valence-electron chi connectivity index (χ3n) is 4.35. The van der Waals surface area contributed by atoms with Gasteiger partial charge >= 0.3 is 8.80 Å². The van der Waals surface area contributed by atoms with Gasteiger partial charge in [0.2, 0.25) is 5.79 Å². The van der Waals surface area contributed by atoms with E-state index in [1.165, 1.54) is 0 Å². The lowest BCUT2D eigenvalue weighted by Crippen LogP contribution is -2.59. The van der Waals surface area contributed by atoms with Crippen LogP contribution >= 0.6 is 0 Å². The Bertz CT molecular complexity index is 933. The molecule has 0 aliphatic carbocycles. The van der Waals surface area contributed by atoms with Gasteiger partial charge in [0.05, 0.1) is 11.8 Å². The first-order chi connectivity index (χ1) is 14.1. The molecule has 1 aliphatic rings.